The number of aromatic amines is 1. The Morgan fingerprint density at radius 3 is 2.56 bits per heavy atom. The number of rotatable bonds is 7. The van der Waals surface area contributed by atoms with Crippen LogP contribution in [0.15, 0.2) is 79.1 Å². The van der Waals surface area contributed by atoms with Crippen molar-refractivity contribution in [1.82, 2.24) is 20.5 Å². The summed E-state index contributed by atoms with van der Waals surface area (Å²) >= 11 is 6.25. The number of halogens is 3. The summed E-state index contributed by atoms with van der Waals surface area (Å²) in [6.45, 7) is -0.673. The van der Waals surface area contributed by atoms with Crippen LogP contribution in [0.5, 0.6) is 0 Å². The Kier molecular flexibility index (Phi) is 7.32. The molecule has 2 aliphatic rings. The molecule has 3 aromatic carbocycles. The summed E-state index contributed by atoms with van der Waals surface area (Å²) < 4.78 is 30.2. The molecule has 4 aromatic rings. The molecule has 2 aliphatic heterocycles. The maximum Gasteiger partial charge on any atom is 0.248 e. The summed E-state index contributed by atoms with van der Waals surface area (Å²) in [7, 11) is 0. The molecule has 0 spiro atoms. The fraction of sp³-hybridized carbons (Fsp3) is 0.200. The molecule has 3 heterocycles. The van der Waals surface area contributed by atoms with Crippen molar-refractivity contribution in [3.8, 4) is 11.1 Å². The predicted molar refractivity (Wildman–Crippen MR) is 156 cm³/mol. The van der Waals surface area contributed by atoms with Gasteiger partial charge in [0.15, 0.2) is 11.4 Å². The third kappa shape index (κ3) is 4.88. The molecule has 1 aromatic heterocycles. The number of amides is 3. The molecule has 43 heavy (non-hydrogen) atoms. The van der Waals surface area contributed by atoms with E-state index in [9.17, 15) is 18.8 Å². The van der Waals surface area contributed by atoms with E-state index in [1.807, 2.05) is 0 Å². The summed E-state index contributed by atoms with van der Waals surface area (Å²) in [5.41, 5.74) is 9.35. The van der Waals surface area contributed by atoms with Gasteiger partial charge in [-0.2, -0.15) is 5.10 Å². The Morgan fingerprint density at radius 1 is 1.07 bits per heavy atom. The van der Waals surface area contributed by atoms with Crippen molar-refractivity contribution >= 4 is 40.7 Å². The van der Waals surface area contributed by atoms with Crippen LogP contribution >= 0.6 is 11.6 Å². The van der Waals surface area contributed by atoms with Crippen LogP contribution in [0.2, 0.25) is 5.02 Å². The van der Waals surface area contributed by atoms with Crippen molar-refractivity contribution in [3.63, 3.8) is 0 Å². The van der Waals surface area contributed by atoms with Gasteiger partial charge in [-0.25, -0.2) is 14.2 Å². The normalized spacial score (nSPS) is 21.1. The Morgan fingerprint density at radius 2 is 1.81 bits per heavy atom. The number of para-hydroxylation sites is 1. The van der Waals surface area contributed by atoms with E-state index in [1.165, 1.54) is 29.5 Å². The first-order valence-electron chi connectivity index (χ1n) is 13.4. The van der Waals surface area contributed by atoms with Crippen LogP contribution in [0, 0.1) is 5.82 Å². The molecule has 13 heteroatoms. The molecule has 1 unspecified atom stereocenters. The molecule has 0 radical (unpaired) electrons. The molecule has 5 N–H and O–H groups in total. The fourth-order valence-corrected chi connectivity index (χ4v) is 5.98. The number of fused-ring (bicyclic) bond motifs is 1. The van der Waals surface area contributed by atoms with Crippen molar-refractivity contribution in [2.75, 3.05) is 23.4 Å². The molecular weight excluding hydrogens is 580 g/mol. The predicted octanol–water partition coefficient (Wildman–Crippen LogP) is 3.50. The van der Waals surface area contributed by atoms with Gasteiger partial charge >= 0.3 is 0 Å². The zero-order valence-corrected chi connectivity index (χ0v) is 23.3. The second-order valence-electron chi connectivity index (χ2n) is 10.3. The quantitative estimate of drug-likeness (QED) is 0.255. The Balaban J connectivity index is 1.23. The molecular formula is C30H26ClF2N7O3. The first-order valence-corrected chi connectivity index (χ1v) is 13.8. The average molecular weight is 606 g/mol. The number of anilines is 2. The molecule has 0 aliphatic carbocycles. The van der Waals surface area contributed by atoms with Crippen LogP contribution in [0.1, 0.15) is 17.5 Å². The van der Waals surface area contributed by atoms with E-state index in [4.69, 9.17) is 17.3 Å². The number of carbonyl (C=O) groups excluding carboxylic acids is 3. The van der Waals surface area contributed by atoms with Crippen molar-refractivity contribution in [3.05, 3.63) is 101 Å². The number of hydrazine groups is 1. The number of nitrogens with one attached hydrogen (secondary N) is 3. The largest absolute Gasteiger partial charge is 0.367 e. The van der Waals surface area contributed by atoms with Gasteiger partial charge in [-0.3, -0.25) is 24.5 Å². The van der Waals surface area contributed by atoms with E-state index in [1.54, 1.807) is 54.6 Å². The number of H-pyrrole nitrogens is 1. The number of aromatic nitrogens is 2. The van der Waals surface area contributed by atoms with Crippen molar-refractivity contribution < 1.29 is 23.2 Å². The SMILES string of the molecule is NC(=O)C1(c2cn[nH]c2)NN(CC(=O)N2C[C@H](F)C[C@H]2C(=O)Nc2cccc(-c3ccccc3Cl)c2F)c2ccccc21. The van der Waals surface area contributed by atoms with Crippen molar-refractivity contribution in [1.29, 1.82) is 0 Å². The van der Waals surface area contributed by atoms with Gasteiger partial charge in [0.1, 0.15) is 18.8 Å². The van der Waals surface area contributed by atoms with Gasteiger partial charge in [0, 0.05) is 39.9 Å². The van der Waals surface area contributed by atoms with Gasteiger partial charge in [0.2, 0.25) is 17.7 Å². The fourth-order valence-electron chi connectivity index (χ4n) is 5.75. The summed E-state index contributed by atoms with van der Waals surface area (Å²) in [4.78, 5) is 40.9. The Hall–Kier alpha value is -4.81. The highest BCUT2D eigenvalue weighted by molar-refractivity contribution is 6.33. The Bertz CT molecular complexity index is 1720. The zero-order valence-electron chi connectivity index (χ0n) is 22.6. The minimum absolute atomic E-state index is 0.126. The second kappa shape index (κ2) is 11.1. The highest BCUT2D eigenvalue weighted by Gasteiger charge is 2.50. The van der Waals surface area contributed by atoms with Crippen molar-refractivity contribution in [2.24, 2.45) is 5.73 Å². The lowest BCUT2D eigenvalue weighted by Crippen LogP contribution is -2.57. The molecule has 0 bridgehead atoms. The van der Waals surface area contributed by atoms with Gasteiger partial charge in [0.05, 0.1) is 24.1 Å². The summed E-state index contributed by atoms with van der Waals surface area (Å²) in [6.07, 6.45) is 1.25. The Labute approximate surface area is 249 Å². The van der Waals surface area contributed by atoms with Gasteiger partial charge in [-0.1, -0.05) is 60.1 Å². The monoisotopic (exact) mass is 605 g/mol. The van der Waals surface area contributed by atoms with E-state index in [0.29, 0.717) is 27.4 Å². The lowest BCUT2D eigenvalue weighted by molar-refractivity contribution is -0.135. The second-order valence-corrected chi connectivity index (χ2v) is 10.8. The number of hydrogen-bond donors (Lipinski definition) is 4. The smallest absolute Gasteiger partial charge is 0.248 e. The number of primary amides is 1. The lowest BCUT2D eigenvalue weighted by atomic mass is 9.85. The molecule has 0 saturated carbocycles. The highest BCUT2D eigenvalue weighted by atomic mass is 35.5. The molecule has 220 valence electrons. The third-order valence-corrected chi connectivity index (χ3v) is 8.12. The first kappa shape index (κ1) is 28.3. The molecule has 3 amide bonds. The van der Waals surface area contributed by atoms with Gasteiger partial charge in [-0.15, -0.1) is 0 Å². The van der Waals surface area contributed by atoms with Crippen molar-refractivity contribution in [2.45, 2.75) is 24.2 Å². The van der Waals surface area contributed by atoms with Gasteiger partial charge in [-0.05, 0) is 18.2 Å². The highest BCUT2D eigenvalue weighted by Crippen LogP contribution is 2.41. The summed E-state index contributed by atoms with van der Waals surface area (Å²) in [5, 5.41) is 10.9. The number of likely N-dealkylation sites (tertiary alicyclic amines) is 1. The molecule has 6 rings (SSSR count). The number of carbonyl (C=O) groups is 3. The number of alkyl halides is 1. The van der Waals surface area contributed by atoms with Crippen LogP contribution in [0.3, 0.4) is 0 Å². The van der Waals surface area contributed by atoms with Gasteiger partial charge < -0.3 is 16.0 Å². The third-order valence-electron chi connectivity index (χ3n) is 7.79. The number of nitrogens with zero attached hydrogens (tertiary/aromatic N) is 3. The van der Waals surface area contributed by atoms with Crippen LogP contribution in [-0.2, 0) is 19.9 Å². The maximum atomic E-state index is 15.5. The lowest BCUT2D eigenvalue weighted by Gasteiger charge is -2.30. The summed E-state index contributed by atoms with van der Waals surface area (Å²) in [5.74, 6) is -2.75. The van der Waals surface area contributed by atoms with Crippen LogP contribution in [-0.4, -0.2) is 58.1 Å². The zero-order chi connectivity index (χ0) is 30.3. The number of nitrogens with two attached hydrogens (primary N) is 1. The molecule has 10 nitrogen and oxygen atoms in total. The van der Waals surface area contributed by atoms with Crippen LogP contribution in [0.25, 0.3) is 11.1 Å². The minimum atomic E-state index is -1.52. The van der Waals surface area contributed by atoms with E-state index in [2.05, 4.69) is 20.9 Å². The van der Waals surface area contributed by atoms with Crippen LogP contribution < -0.4 is 21.5 Å². The van der Waals surface area contributed by atoms with Gasteiger partial charge in [0.25, 0.3) is 0 Å². The topological polar surface area (TPSA) is 136 Å². The first-order chi connectivity index (χ1) is 20.7. The maximum absolute atomic E-state index is 15.5. The standard InChI is InChI=1S/C30H26ClF2N7O3/c31-22-9-3-1-6-19(22)20-7-5-10-23(27(20)33)37-28(42)25-12-18(32)15-39(25)26(41)16-40-24-11-4-2-8-21(24)30(38-40,29(34)43)17-13-35-36-14-17/h1-11,13-14,18,25,38H,12,15-16H2,(H2,34,43)(H,35,36)(H,37,42)/t18-,25+,30?/m1/s1. The van der Waals surface area contributed by atoms with E-state index < -0.39 is 41.3 Å². The van der Waals surface area contributed by atoms with E-state index in [0.717, 1.165) is 4.90 Å². The number of benzene rings is 3. The molecule has 3 atom stereocenters. The summed E-state index contributed by atoms with van der Waals surface area (Å²) in [6, 6.07) is 16.9. The van der Waals surface area contributed by atoms with E-state index in [-0.39, 0.29) is 30.8 Å². The molecule has 1 fully saturated rings. The number of hydrogen-bond acceptors (Lipinski definition) is 6. The molecule has 1 saturated heterocycles. The van der Waals surface area contributed by atoms with E-state index >= 15 is 4.39 Å². The average Bonchev–Trinajstić information content (AvgIpc) is 3.73. The minimum Gasteiger partial charge on any atom is -0.367 e. The van der Waals surface area contributed by atoms with Crippen LogP contribution in [0.4, 0.5) is 20.2 Å².